The molecular weight excluding hydrogens is 280 g/mol. The molecule has 0 bridgehead atoms. The molecule has 0 amide bonds. The fourth-order valence-electron chi connectivity index (χ4n) is 1.89. The van der Waals surface area contributed by atoms with Gasteiger partial charge in [-0.15, -0.1) is 11.3 Å². The predicted octanol–water partition coefficient (Wildman–Crippen LogP) is 5.16. The molecule has 0 aliphatic heterocycles. The van der Waals surface area contributed by atoms with E-state index in [1.807, 2.05) is 11.3 Å². The van der Waals surface area contributed by atoms with Crippen molar-refractivity contribution in [2.45, 2.75) is 25.6 Å². The van der Waals surface area contributed by atoms with Crippen LogP contribution in [-0.4, -0.2) is 0 Å². The van der Waals surface area contributed by atoms with Gasteiger partial charge in [0, 0.05) is 9.75 Å². The van der Waals surface area contributed by atoms with Gasteiger partial charge in [0.2, 0.25) is 0 Å². The molecule has 0 aliphatic carbocycles. The minimum absolute atomic E-state index is 0.325. The summed E-state index contributed by atoms with van der Waals surface area (Å²) in [7, 11) is 0. The third-order valence-corrected chi connectivity index (χ3v) is 5.15. The fraction of sp³-hybridized carbons (Fsp3) is 0.286. The topological polar surface area (TPSA) is 0 Å². The van der Waals surface area contributed by atoms with Crippen molar-refractivity contribution in [3.8, 4) is 0 Å². The Morgan fingerprint density at radius 2 is 1.88 bits per heavy atom. The Labute approximate surface area is 109 Å². The minimum Gasteiger partial charge on any atom is -0.144 e. The third kappa shape index (κ3) is 2.38. The number of hydrogen-bond acceptors (Lipinski definition) is 1. The maximum absolute atomic E-state index is 3.80. The maximum Gasteiger partial charge on any atom is 0.0740 e. The average Bonchev–Trinajstić information content (AvgIpc) is 2.57. The van der Waals surface area contributed by atoms with E-state index in [4.69, 9.17) is 0 Å². The standard InChI is InChI=1S/C14H15BrS/c1-9-5-4-6-12(7-9)13(15)14-10(2)8-11(3)16-14/h4-8,13H,1-3H3. The van der Waals surface area contributed by atoms with Crippen molar-refractivity contribution in [2.75, 3.05) is 0 Å². The van der Waals surface area contributed by atoms with Crippen LogP contribution in [0.3, 0.4) is 0 Å². The van der Waals surface area contributed by atoms with Crippen LogP contribution in [0.2, 0.25) is 0 Å². The van der Waals surface area contributed by atoms with Crippen molar-refractivity contribution >= 4 is 27.3 Å². The molecule has 0 saturated heterocycles. The van der Waals surface area contributed by atoms with Crippen LogP contribution in [0.1, 0.15) is 31.3 Å². The first-order valence-corrected chi connectivity index (χ1v) is 7.08. The summed E-state index contributed by atoms with van der Waals surface area (Å²) < 4.78 is 0. The van der Waals surface area contributed by atoms with Crippen LogP contribution >= 0.6 is 27.3 Å². The van der Waals surface area contributed by atoms with Gasteiger partial charge in [-0.05, 0) is 38.0 Å². The van der Waals surface area contributed by atoms with Crippen LogP contribution < -0.4 is 0 Å². The molecule has 1 aromatic carbocycles. The summed E-state index contributed by atoms with van der Waals surface area (Å²) in [5, 5.41) is 0. The summed E-state index contributed by atoms with van der Waals surface area (Å²) in [6.07, 6.45) is 0. The van der Waals surface area contributed by atoms with E-state index in [-0.39, 0.29) is 0 Å². The smallest absolute Gasteiger partial charge is 0.0740 e. The molecule has 16 heavy (non-hydrogen) atoms. The zero-order valence-corrected chi connectivity index (χ0v) is 12.2. The average molecular weight is 295 g/mol. The van der Waals surface area contributed by atoms with E-state index in [2.05, 4.69) is 67.0 Å². The van der Waals surface area contributed by atoms with E-state index in [9.17, 15) is 0 Å². The van der Waals surface area contributed by atoms with Gasteiger partial charge >= 0.3 is 0 Å². The first kappa shape index (κ1) is 11.9. The van der Waals surface area contributed by atoms with Gasteiger partial charge in [0.05, 0.1) is 4.83 Å². The van der Waals surface area contributed by atoms with Crippen molar-refractivity contribution in [1.82, 2.24) is 0 Å². The molecule has 1 unspecified atom stereocenters. The molecule has 1 heterocycles. The highest BCUT2D eigenvalue weighted by Gasteiger charge is 2.15. The van der Waals surface area contributed by atoms with Gasteiger partial charge in [0.1, 0.15) is 0 Å². The first-order valence-electron chi connectivity index (χ1n) is 5.35. The molecule has 0 fully saturated rings. The van der Waals surface area contributed by atoms with Crippen molar-refractivity contribution in [1.29, 1.82) is 0 Å². The first-order chi connectivity index (χ1) is 7.58. The Bertz CT molecular complexity index is 499. The number of hydrogen-bond donors (Lipinski definition) is 0. The van der Waals surface area contributed by atoms with E-state index in [1.165, 1.54) is 26.4 Å². The van der Waals surface area contributed by atoms with Gasteiger partial charge in [0.15, 0.2) is 0 Å². The fourth-order valence-corrected chi connectivity index (χ4v) is 3.86. The van der Waals surface area contributed by atoms with Crippen molar-refractivity contribution in [3.63, 3.8) is 0 Å². The van der Waals surface area contributed by atoms with Gasteiger partial charge in [-0.1, -0.05) is 45.8 Å². The lowest BCUT2D eigenvalue weighted by atomic mass is 10.1. The van der Waals surface area contributed by atoms with Crippen LogP contribution in [0.4, 0.5) is 0 Å². The monoisotopic (exact) mass is 294 g/mol. The van der Waals surface area contributed by atoms with Crippen LogP contribution in [0.5, 0.6) is 0 Å². The number of alkyl halides is 1. The molecule has 0 N–H and O–H groups in total. The SMILES string of the molecule is Cc1cccc(C(Br)c2sc(C)cc2C)c1. The Kier molecular flexibility index (Phi) is 3.50. The van der Waals surface area contributed by atoms with Gasteiger partial charge in [0.25, 0.3) is 0 Å². The summed E-state index contributed by atoms with van der Waals surface area (Å²) in [5.41, 5.74) is 4.03. The lowest BCUT2D eigenvalue weighted by Gasteiger charge is -2.10. The molecule has 1 atom stereocenters. The molecule has 0 saturated carbocycles. The second-order valence-electron chi connectivity index (χ2n) is 4.18. The lowest BCUT2D eigenvalue weighted by molar-refractivity contribution is 1.18. The van der Waals surface area contributed by atoms with Crippen LogP contribution in [-0.2, 0) is 0 Å². The highest BCUT2D eigenvalue weighted by atomic mass is 79.9. The van der Waals surface area contributed by atoms with Gasteiger partial charge in [-0.25, -0.2) is 0 Å². The van der Waals surface area contributed by atoms with Crippen molar-refractivity contribution in [2.24, 2.45) is 0 Å². The van der Waals surface area contributed by atoms with Gasteiger partial charge < -0.3 is 0 Å². The lowest BCUT2D eigenvalue weighted by Crippen LogP contribution is -1.91. The summed E-state index contributed by atoms with van der Waals surface area (Å²) in [6, 6.07) is 10.9. The molecule has 84 valence electrons. The highest BCUT2D eigenvalue weighted by molar-refractivity contribution is 9.09. The van der Waals surface area contributed by atoms with E-state index in [0.717, 1.165) is 0 Å². The minimum atomic E-state index is 0.325. The van der Waals surface area contributed by atoms with Gasteiger partial charge in [-0.3, -0.25) is 0 Å². The summed E-state index contributed by atoms with van der Waals surface area (Å²) >= 11 is 5.68. The molecule has 0 nitrogen and oxygen atoms in total. The van der Waals surface area contributed by atoms with Crippen molar-refractivity contribution < 1.29 is 0 Å². The second kappa shape index (κ2) is 4.72. The molecule has 0 spiro atoms. The molecule has 1 aromatic heterocycles. The largest absolute Gasteiger partial charge is 0.144 e. The van der Waals surface area contributed by atoms with E-state index < -0.39 is 0 Å². The number of halogens is 1. The normalized spacial score (nSPS) is 12.8. The molecule has 0 aliphatic rings. The Balaban J connectivity index is 2.38. The number of rotatable bonds is 2. The summed E-state index contributed by atoms with van der Waals surface area (Å²) in [6.45, 7) is 6.48. The zero-order chi connectivity index (χ0) is 11.7. The molecule has 2 aromatic rings. The van der Waals surface area contributed by atoms with Crippen LogP contribution in [0.15, 0.2) is 30.3 Å². The molecule has 2 rings (SSSR count). The quantitative estimate of drug-likeness (QED) is 0.671. The summed E-state index contributed by atoms with van der Waals surface area (Å²) in [5.74, 6) is 0. The van der Waals surface area contributed by atoms with Crippen LogP contribution in [0, 0.1) is 20.8 Å². The summed E-state index contributed by atoms with van der Waals surface area (Å²) in [4.78, 5) is 3.12. The highest BCUT2D eigenvalue weighted by Crippen LogP contribution is 2.37. The Morgan fingerprint density at radius 1 is 1.12 bits per heavy atom. The third-order valence-electron chi connectivity index (χ3n) is 2.64. The Hall–Kier alpha value is -0.600. The van der Waals surface area contributed by atoms with E-state index >= 15 is 0 Å². The van der Waals surface area contributed by atoms with E-state index in [1.54, 1.807) is 0 Å². The van der Waals surface area contributed by atoms with Crippen LogP contribution in [0.25, 0.3) is 0 Å². The molecule has 2 heteroatoms. The number of benzene rings is 1. The molecule has 0 radical (unpaired) electrons. The van der Waals surface area contributed by atoms with E-state index in [0.29, 0.717) is 4.83 Å². The second-order valence-corrected chi connectivity index (χ2v) is 6.38. The predicted molar refractivity (Wildman–Crippen MR) is 75.7 cm³/mol. The zero-order valence-electron chi connectivity index (χ0n) is 9.75. The number of aryl methyl sites for hydroxylation is 3. The number of thiophene rings is 1. The maximum atomic E-state index is 3.80. The Morgan fingerprint density at radius 3 is 2.44 bits per heavy atom. The molecular formula is C14H15BrS. The van der Waals surface area contributed by atoms with Gasteiger partial charge in [-0.2, -0.15) is 0 Å². The van der Waals surface area contributed by atoms with Crippen molar-refractivity contribution in [3.05, 3.63) is 56.8 Å².